The fourth-order valence-corrected chi connectivity index (χ4v) is 2.93. The van der Waals surface area contributed by atoms with Gasteiger partial charge in [0.1, 0.15) is 5.82 Å². The second-order valence-corrected chi connectivity index (χ2v) is 5.64. The highest BCUT2D eigenvalue weighted by Crippen LogP contribution is 2.35. The number of amides is 1. The number of fused-ring (bicyclic) bond motifs is 1. The van der Waals surface area contributed by atoms with E-state index in [9.17, 15) is 4.79 Å². The lowest BCUT2D eigenvalue weighted by atomic mass is 10.2. The molecule has 0 aliphatic carbocycles. The molecule has 1 N–H and O–H groups in total. The lowest BCUT2D eigenvalue weighted by Gasteiger charge is -2.34. The molecule has 1 aromatic carbocycles. The molecule has 1 saturated heterocycles. The standard InChI is InChI=1S/C15H17ClN4O4/c1-23-11-7-9-10(8-12(11)24-2)17-14(16)18-13(9)19-3-5-20(6-4-19)15(21)22/h7-8H,3-6H2,1-2H3,(H,21,22). The summed E-state index contributed by atoms with van der Waals surface area (Å²) in [6.07, 6.45) is -0.911. The summed E-state index contributed by atoms with van der Waals surface area (Å²) in [6.45, 7) is 1.88. The maximum atomic E-state index is 11.0. The van der Waals surface area contributed by atoms with Crippen LogP contribution in [-0.4, -0.2) is 66.5 Å². The van der Waals surface area contributed by atoms with E-state index >= 15 is 0 Å². The van der Waals surface area contributed by atoms with E-state index < -0.39 is 6.09 Å². The number of anilines is 1. The van der Waals surface area contributed by atoms with E-state index in [-0.39, 0.29) is 5.28 Å². The molecule has 8 nitrogen and oxygen atoms in total. The number of ether oxygens (including phenoxy) is 2. The molecule has 24 heavy (non-hydrogen) atoms. The van der Waals surface area contributed by atoms with Gasteiger partial charge in [-0.15, -0.1) is 0 Å². The first kappa shape index (κ1) is 16.4. The van der Waals surface area contributed by atoms with E-state index in [0.717, 1.165) is 5.39 Å². The summed E-state index contributed by atoms with van der Waals surface area (Å²) in [7, 11) is 3.12. The highest BCUT2D eigenvalue weighted by atomic mass is 35.5. The monoisotopic (exact) mass is 352 g/mol. The van der Waals surface area contributed by atoms with Gasteiger partial charge in [0.2, 0.25) is 5.28 Å². The van der Waals surface area contributed by atoms with Crippen LogP contribution in [0.5, 0.6) is 11.5 Å². The molecule has 1 amide bonds. The van der Waals surface area contributed by atoms with Crippen LogP contribution in [0.15, 0.2) is 12.1 Å². The van der Waals surface area contributed by atoms with Gasteiger partial charge in [-0.1, -0.05) is 0 Å². The molecule has 2 heterocycles. The highest BCUT2D eigenvalue weighted by Gasteiger charge is 2.24. The maximum Gasteiger partial charge on any atom is 0.407 e. The van der Waals surface area contributed by atoms with Crippen LogP contribution >= 0.6 is 11.6 Å². The Bertz CT molecular complexity index is 778. The van der Waals surface area contributed by atoms with Crippen LogP contribution in [0.1, 0.15) is 0 Å². The van der Waals surface area contributed by atoms with Gasteiger partial charge in [-0.2, -0.15) is 4.98 Å². The predicted octanol–water partition coefficient (Wildman–Crippen LogP) is 2.10. The number of carbonyl (C=O) groups is 1. The van der Waals surface area contributed by atoms with Crippen LogP contribution < -0.4 is 14.4 Å². The number of hydrogen-bond donors (Lipinski definition) is 1. The molecular weight excluding hydrogens is 336 g/mol. The van der Waals surface area contributed by atoms with E-state index in [1.54, 1.807) is 20.3 Å². The number of halogens is 1. The van der Waals surface area contributed by atoms with Crippen molar-refractivity contribution in [1.82, 2.24) is 14.9 Å². The summed E-state index contributed by atoms with van der Waals surface area (Å²) in [5.74, 6) is 1.79. The fourth-order valence-electron chi connectivity index (χ4n) is 2.76. The van der Waals surface area contributed by atoms with Crippen molar-refractivity contribution in [1.29, 1.82) is 0 Å². The number of hydrogen-bond acceptors (Lipinski definition) is 6. The van der Waals surface area contributed by atoms with Gasteiger partial charge < -0.3 is 24.4 Å². The number of piperazine rings is 1. The third-order valence-corrected chi connectivity index (χ3v) is 4.17. The summed E-state index contributed by atoms with van der Waals surface area (Å²) < 4.78 is 10.6. The van der Waals surface area contributed by atoms with Crippen molar-refractivity contribution in [2.24, 2.45) is 0 Å². The maximum absolute atomic E-state index is 11.0. The zero-order chi connectivity index (χ0) is 17.3. The van der Waals surface area contributed by atoms with Crippen molar-refractivity contribution in [2.45, 2.75) is 0 Å². The third-order valence-electron chi connectivity index (χ3n) is 4.00. The van der Waals surface area contributed by atoms with Crippen LogP contribution in [0.4, 0.5) is 10.6 Å². The highest BCUT2D eigenvalue weighted by molar-refractivity contribution is 6.28. The van der Waals surface area contributed by atoms with E-state index in [4.69, 9.17) is 26.2 Å². The second-order valence-electron chi connectivity index (χ2n) is 5.30. The smallest absolute Gasteiger partial charge is 0.407 e. The normalized spacial score (nSPS) is 14.8. The lowest BCUT2D eigenvalue weighted by Crippen LogP contribution is -2.48. The molecule has 2 aromatic rings. The first-order valence-electron chi connectivity index (χ1n) is 7.35. The average Bonchev–Trinajstić information content (AvgIpc) is 2.59. The van der Waals surface area contributed by atoms with E-state index in [1.165, 1.54) is 4.90 Å². The Morgan fingerprint density at radius 1 is 1.12 bits per heavy atom. The molecule has 1 fully saturated rings. The van der Waals surface area contributed by atoms with Gasteiger partial charge in [0.25, 0.3) is 0 Å². The number of benzene rings is 1. The van der Waals surface area contributed by atoms with Crippen LogP contribution in [0.2, 0.25) is 5.28 Å². The van der Waals surface area contributed by atoms with Crippen molar-refractivity contribution < 1.29 is 19.4 Å². The van der Waals surface area contributed by atoms with Crippen LogP contribution in [-0.2, 0) is 0 Å². The van der Waals surface area contributed by atoms with Gasteiger partial charge >= 0.3 is 6.09 Å². The van der Waals surface area contributed by atoms with Gasteiger partial charge in [-0.25, -0.2) is 9.78 Å². The molecule has 1 aliphatic heterocycles. The van der Waals surface area contributed by atoms with E-state index in [1.807, 2.05) is 11.0 Å². The molecule has 0 saturated carbocycles. The van der Waals surface area contributed by atoms with E-state index in [2.05, 4.69) is 9.97 Å². The van der Waals surface area contributed by atoms with Crippen molar-refractivity contribution in [3.8, 4) is 11.5 Å². The zero-order valence-electron chi connectivity index (χ0n) is 13.3. The summed E-state index contributed by atoms with van der Waals surface area (Å²) in [5, 5.41) is 9.98. The number of rotatable bonds is 3. The van der Waals surface area contributed by atoms with Crippen molar-refractivity contribution in [3.05, 3.63) is 17.4 Å². The molecule has 9 heteroatoms. The minimum Gasteiger partial charge on any atom is -0.493 e. The molecule has 128 valence electrons. The number of aromatic nitrogens is 2. The van der Waals surface area contributed by atoms with Crippen LogP contribution in [0.25, 0.3) is 10.9 Å². The van der Waals surface area contributed by atoms with Gasteiger partial charge in [0.05, 0.1) is 19.7 Å². The Kier molecular flexibility index (Phi) is 4.48. The Labute approximate surface area is 143 Å². The van der Waals surface area contributed by atoms with Crippen molar-refractivity contribution >= 4 is 34.4 Å². The Morgan fingerprint density at radius 2 is 1.75 bits per heavy atom. The second kappa shape index (κ2) is 6.56. The molecule has 0 spiro atoms. The van der Waals surface area contributed by atoms with Crippen LogP contribution in [0.3, 0.4) is 0 Å². The molecule has 0 unspecified atom stereocenters. The van der Waals surface area contributed by atoms with Crippen molar-refractivity contribution in [3.63, 3.8) is 0 Å². The van der Waals surface area contributed by atoms with Gasteiger partial charge in [-0.3, -0.25) is 0 Å². The largest absolute Gasteiger partial charge is 0.493 e. The molecule has 0 atom stereocenters. The van der Waals surface area contributed by atoms with Crippen LogP contribution in [0, 0.1) is 0 Å². The van der Waals surface area contributed by atoms with Gasteiger partial charge in [0.15, 0.2) is 11.5 Å². The SMILES string of the molecule is COc1cc2nc(Cl)nc(N3CCN(C(=O)O)CC3)c2cc1OC. The van der Waals surface area contributed by atoms with Crippen molar-refractivity contribution in [2.75, 3.05) is 45.3 Å². The number of nitrogens with zero attached hydrogens (tertiary/aromatic N) is 4. The Hall–Kier alpha value is -2.48. The zero-order valence-corrected chi connectivity index (χ0v) is 14.1. The third kappa shape index (κ3) is 2.96. The summed E-state index contributed by atoms with van der Waals surface area (Å²) >= 11 is 6.07. The molecule has 3 rings (SSSR count). The fraction of sp³-hybridized carbons (Fsp3) is 0.400. The molecular formula is C15H17ClN4O4. The first-order chi connectivity index (χ1) is 11.5. The van der Waals surface area contributed by atoms with E-state index in [0.29, 0.717) is 49.0 Å². The predicted molar refractivity (Wildman–Crippen MR) is 89.5 cm³/mol. The lowest BCUT2D eigenvalue weighted by molar-refractivity contribution is 0.142. The Morgan fingerprint density at radius 3 is 2.33 bits per heavy atom. The summed E-state index contributed by atoms with van der Waals surface area (Å²) in [4.78, 5) is 23.0. The average molecular weight is 353 g/mol. The molecule has 1 aliphatic rings. The molecule has 1 aromatic heterocycles. The topological polar surface area (TPSA) is 88.0 Å². The molecule has 0 bridgehead atoms. The first-order valence-corrected chi connectivity index (χ1v) is 7.73. The number of methoxy groups -OCH3 is 2. The van der Waals surface area contributed by atoms with Gasteiger partial charge in [-0.05, 0) is 17.7 Å². The Balaban J connectivity index is 2.02. The molecule has 0 radical (unpaired) electrons. The quantitative estimate of drug-likeness (QED) is 0.846. The summed E-state index contributed by atoms with van der Waals surface area (Å²) in [5.41, 5.74) is 0.642. The minimum absolute atomic E-state index is 0.130. The summed E-state index contributed by atoms with van der Waals surface area (Å²) in [6, 6.07) is 3.56. The minimum atomic E-state index is -0.911. The van der Waals surface area contributed by atoms with Gasteiger partial charge in [0, 0.05) is 37.6 Å². The number of carboxylic acid groups (broad SMARTS) is 1.